The summed E-state index contributed by atoms with van der Waals surface area (Å²) in [6.07, 6.45) is 4.39. The van der Waals surface area contributed by atoms with Crippen LogP contribution >= 0.6 is 11.6 Å². The van der Waals surface area contributed by atoms with E-state index in [1.807, 2.05) is 17.0 Å². The van der Waals surface area contributed by atoms with E-state index in [1.165, 1.54) is 0 Å². The van der Waals surface area contributed by atoms with Crippen LogP contribution in [-0.2, 0) is 0 Å². The lowest BCUT2D eigenvalue weighted by molar-refractivity contribution is 0.0762. The van der Waals surface area contributed by atoms with Gasteiger partial charge >= 0.3 is 0 Å². The molecule has 4 nitrogen and oxygen atoms in total. The van der Waals surface area contributed by atoms with Crippen LogP contribution in [0, 0.1) is 0 Å². The Hall–Kier alpha value is -2.33. The Morgan fingerprint density at radius 2 is 1.64 bits per heavy atom. The predicted octanol–water partition coefficient (Wildman–Crippen LogP) is 4.61. The van der Waals surface area contributed by atoms with Crippen molar-refractivity contribution < 1.29 is 9.59 Å². The second kappa shape index (κ2) is 8.17. The Balaban J connectivity index is 1.80. The molecule has 0 bridgehead atoms. The van der Waals surface area contributed by atoms with E-state index in [4.69, 9.17) is 11.6 Å². The highest BCUT2D eigenvalue weighted by molar-refractivity contribution is 6.31. The van der Waals surface area contributed by atoms with Gasteiger partial charge in [0, 0.05) is 23.7 Å². The Morgan fingerprint density at radius 3 is 2.36 bits per heavy atom. The van der Waals surface area contributed by atoms with Crippen LogP contribution in [0.5, 0.6) is 0 Å². The smallest absolute Gasteiger partial charge is 0.255 e. The highest BCUT2D eigenvalue weighted by atomic mass is 35.5. The molecule has 1 fully saturated rings. The average Bonchev–Trinajstić information content (AvgIpc) is 2.91. The van der Waals surface area contributed by atoms with E-state index in [2.05, 4.69) is 5.32 Å². The van der Waals surface area contributed by atoms with E-state index in [1.54, 1.807) is 36.4 Å². The maximum Gasteiger partial charge on any atom is 0.255 e. The van der Waals surface area contributed by atoms with Crippen molar-refractivity contribution in [2.24, 2.45) is 0 Å². The quantitative estimate of drug-likeness (QED) is 0.873. The molecule has 25 heavy (non-hydrogen) atoms. The normalized spacial score (nSPS) is 14.7. The molecule has 0 radical (unpaired) electrons. The third-order valence-electron chi connectivity index (χ3n) is 4.39. The van der Waals surface area contributed by atoms with Crippen molar-refractivity contribution in [2.45, 2.75) is 25.7 Å². The Morgan fingerprint density at radius 1 is 0.920 bits per heavy atom. The Labute approximate surface area is 152 Å². The number of nitrogens with zero attached hydrogens (tertiary/aromatic N) is 1. The molecular weight excluding hydrogens is 336 g/mol. The first-order valence-electron chi connectivity index (χ1n) is 8.60. The third kappa shape index (κ3) is 4.40. The fourth-order valence-electron chi connectivity index (χ4n) is 3.05. The number of rotatable bonds is 3. The van der Waals surface area contributed by atoms with E-state index in [9.17, 15) is 9.59 Å². The lowest BCUT2D eigenvalue weighted by atomic mass is 10.1. The summed E-state index contributed by atoms with van der Waals surface area (Å²) in [5.41, 5.74) is 1.52. The molecule has 0 aromatic heterocycles. The van der Waals surface area contributed by atoms with Gasteiger partial charge < -0.3 is 10.2 Å². The molecule has 2 amide bonds. The van der Waals surface area contributed by atoms with Gasteiger partial charge in [0.05, 0.1) is 11.3 Å². The summed E-state index contributed by atoms with van der Waals surface area (Å²) in [6.45, 7) is 1.55. The van der Waals surface area contributed by atoms with Gasteiger partial charge in [0.25, 0.3) is 11.8 Å². The Bertz CT molecular complexity index is 768. The minimum Gasteiger partial charge on any atom is -0.339 e. The molecule has 0 saturated carbocycles. The number of hydrogen-bond acceptors (Lipinski definition) is 2. The second-order valence-corrected chi connectivity index (χ2v) is 6.65. The highest BCUT2D eigenvalue weighted by Gasteiger charge is 2.20. The molecule has 1 saturated heterocycles. The first kappa shape index (κ1) is 17.5. The molecule has 0 spiro atoms. The highest BCUT2D eigenvalue weighted by Crippen LogP contribution is 2.21. The van der Waals surface area contributed by atoms with E-state index in [0.717, 1.165) is 38.8 Å². The van der Waals surface area contributed by atoms with Crippen molar-refractivity contribution in [1.29, 1.82) is 0 Å². The van der Waals surface area contributed by atoms with Crippen molar-refractivity contribution in [3.8, 4) is 0 Å². The molecule has 1 N–H and O–H groups in total. The number of halogens is 1. The van der Waals surface area contributed by atoms with Crippen molar-refractivity contribution in [1.82, 2.24) is 4.90 Å². The minimum absolute atomic E-state index is 0.0242. The predicted molar refractivity (Wildman–Crippen MR) is 100 cm³/mol. The third-order valence-corrected chi connectivity index (χ3v) is 4.62. The number of hydrogen-bond donors (Lipinski definition) is 1. The van der Waals surface area contributed by atoms with Crippen LogP contribution in [0.1, 0.15) is 46.4 Å². The zero-order valence-electron chi connectivity index (χ0n) is 14.0. The molecule has 130 valence electrons. The summed E-state index contributed by atoms with van der Waals surface area (Å²) in [5.74, 6) is -0.303. The summed E-state index contributed by atoms with van der Waals surface area (Å²) in [7, 11) is 0. The van der Waals surface area contributed by atoms with Crippen molar-refractivity contribution >= 4 is 29.1 Å². The number of nitrogens with one attached hydrogen (secondary N) is 1. The summed E-state index contributed by atoms with van der Waals surface area (Å²) < 4.78 is 0. The number of anilines is 1. The molecule has 1 heterocycles. The molecule has 1 aliphatic heterocycles. The van der Waals surface area contributed by atoms with Gasteiger partial charge in [0.2, 0.25) is 0 Å². The zero-order valence-corrected chi connectivity index (χ0v) is 14.8. The average molecular weight is 357 g/mol. The molecule has 2 aromatic rings. The van der Waals surface area contributed by atoms with Gasteiger partial charge in [-0.05, 0) is 43.2 Å². The van der Waals surface area contributed by atoms with Crippen molar-refractivity contribution in [2.75, 3.05) is 18.4 Å². The van der Waals surface area contributed by atoms with Crippen LogP contribution in [0.3, 0.4) is 0 Å². The number of carbonyl (C=O) groups is 2. The molecule has 0 unspecified atom stereocenters. The first-order valence-corrected chi connectivity index (χ1v) is 8.98. The lowest BCUT2D eigenvalue weighted by Gasteiger charge is -2.22. The van der Waals surface area contributed by atoms with E-state index in [-0.39, 0.29) is 11.8 Å². The van der Waals surface area contributed by atoms with Crippen LogP contribution in [-0.4, -0.2) is 29.8 Å². The molecule has 0 atom stereocenters. The van der Waals surface area contributed by atoms with Gasteiger partial charge in [-0.15, -0.1) is 0 Å². The fourth-order valence-corrected chi connectivity index (χ4v) is 3.24. The topological polar surface area (TPSA) is 49.4 Å². The van der Waals surface area contributed by atoms with Gasteiger partial charge in [-0.25, -0.2) is 0 Å². The van der Waals surface area contributed by atoms with Crippen LogP contribution in [0.15, 0.2) is 48.5 Å². The summed E-state index contributed by atoms with van der Waals surface area (Å²) in [4.78, 5) is 27.3. The maximum absolute atomic E-state index is 12.9. The standard InChI is InChI=1S/C20H21ClN2O2/c21-16-9-7-8-15(14-16)19(24)22-18-11-4-3-10-17(18)20(25)23-12-5-1-2-6-13-23/h3-4,7-11,14H,1-2,5-6,12-13H2,(H,22,24). The molecular formula is C20H21ClN2O2. The minimum atomic E-state index is -0.279. The van der Waals surface area contributed by atoms with E-state index < -0.39 is 0 Å². The number of carbonyl (C=O) groups excluding carboxylic acids is 2. The molecule has 1 aliphatic rings. The van der Waals surface area contributed by atoms with E-state index >= 15 is 0 Å². The number of amides is 2. The largest absolute Gasteiger partial charge is 0.339 e. The SMILES string of the molecule is O=C(Nc1ccccc1C(=O)N1CCCCCC1)c1cccc(Cl)c1. The summed E-state index contributed by atoms with van der Waals surface area (Å²) >= 11 is 5.95. The van der Waals surface area contributed by atoms with Crippen molar-refractivity contribution in [3.63, 3.8) is 0 Å². The van der Waals surface area contributed by atoms with Gasteiger partial charge in [0.15, 0.2) is 0 Å². The van der Waals surface area contributed by atoms with E-state index in [0.29, 0.717) is 21.8 Å². The number of likely N-dealkylation sites (tertiary alicyclic amines) is 1. The summed E-state index contributed by atoms with van der Waals surface area (Å²) in [6, 6.07) is 13.9. The van der Waals surface area contributed by atoms with Crippen molar-refractivity contribution in [3.05, 3.63) is 64.7 Å². The van der Waals surface area contributed by atoms with Gasteiger partial charge in [-0.3, -0.25) is 9.59 Å². The monoisotopic (exact) mass is 356 g/mol. The Kier molecular flexibility index (Phi) is 5.71. The molecule has 0 aliphatic carbocycles. The summed E-state index contributed by atoms with van der Waals surface area (Å²) in [5, 5.41) is 3.35. The van der Waals surface area contributed by atoms with Crippen LogP contribution in [0.25, 0.3) is 0 Å². The van der Waals surface area contributed by atoms with Crippen LogP contribution in [0.4, 0.5) is 5.69 Å². The fraction of sp³-hybridized carbons (Fsp3) is 0.300. The van der Waals surface area contributed by atoms with Gasteiger partial charge in [-0.2, -0.15) is 0 Å². The van der Waals surface area contributed by atoms with Crippen LogP contribution in [0.2, 0.25) is 5.02 Å². The number of benzene rings is 2. The molecule has 2 aromatic carbocycles. The van der Waals surface area contributed by atoms with Crippen LogP contribution < -0.4 is 5.32 Å². The lowest BCUT2D eigenvalue weighted by Crippen LogP contribution is -2.32. The molecule has 3 rings (SSSR count). The zero-order chi connectivity index (χ0) is 17.6. The second-order valence-electron chi connectivity index (χ2n) is 6.22. The molecule has 5 heteroatoms. The van der Waals surface area contributed by atoms with Gasteiger partial charge in [-0.1, -0.05) is 42.6 Å². The maximum atomic E-state index is 12.9. The number of para-hydroxylation sites is 1. The first-order chi connectivity index (χ1) is 12.1. The van der Waals surface area contributed by atoms with Gasteiger partial charge in [0.1, 0.15) is 0 Å².